The Morgan fingerprint density at radius 3 is 2.95 bits per heavy atom. The Hall–Kier alpha value is -1.80. The van der Waals surface area contributed by atoms with Crippen molar-refractivity contribution in [1.29, 1.82) is 0 Å². The molecule has 1 saturated heterocycles. The molecule has 2 atom stereocenters. The highest BCUT2D eigenvalue weighted by molar-refractivity contribution is 5.95. The van der Waals surface area contributed by atoms with Gasteiger partial charge in [-0.3, -0.25) is 4.79 Å². The SMILES string of the molecule is C[C@H]1OCCN[C@@H]1C(=O)Nc1cccc(OCC(F)(F)F)c1. The number of halogens is 3. The molecule has 2 rings (SSSR count). The van der Waals surface area contributed by atoms with Crippen LogP contribution in [0.15, 0.2) is 24.3 Å². The highest BCUT2D eigenvalue weighted by Crippen LogP contribution is 2.21. The summed E-state index contributed by atoms with van der Waals surface area (Å²) in [4.78, 5) is 12.1. The quantitative estimate of drug-likeness (QED) is 0.891. The second-order valence-electron chi connectivity index (χ2n) is 4.93. The number of rotatable bonds is 4. The molecule has 0 radical (unpaired) electrons. The zero-order valence-corrected chi connectivity index (χ0v) is 11.9. The molecule has 22 heavy (non-hydrogen) atoms. The third kappa shape index (κ3) is 4.88. The first-order chi connectivity index (χ1) is 10.3. The third-order valence-electron chi connectivity index (χ3n) is 3.10. The van der Waals surface area contributed by atoms with Gasteiger partial charge in [0, 0.05) is 18.3 Å². The van der Waals surface area contributed by atoms with E-state index in [1.165, 1.54) is 18.2 Å². The summed E-state index contributed by atoms with van der Waals surface area (Å²) < 4.78 is 46.4. The van der Waals surface area contributed by atoms with Gasteiger partial charge in [-0.15, -0.1) is 0 Å². The lowest BCUT2D eigenvalue weighted by atomic mass is 10.1. The number of amides is 1. The van der Waals surface area contributed by atoms with Crippen molar-refractivity contribution in [3.63, 3.8) is 0 Å². The standard InChI is InChI=1S/C14H17F3N2O3/c1-9-12(18-5-6-21-9)13(20)19-10-3-2-4-11(7-10)22-8-14(15,16)17/h2-4,7,9,12,18H,5-6,8H2,1H3,(H,19,20)/t9-,12+/m1/s1. The van der Waals surface area contributed by atoms with E-state index in [9.17, 15) is 18.0 Å². The molecule has 0 aliphatic carbocycles. The maximum absolute atomic E-state index is 12.1. The highest BCUT2D eigenvalue weighted by Gasteiger charge is 2.29. The van der Waals surface area contributed by atoms with Crippen LogP contribution in [0.5, 0.6) is 5.75 Å². The number of ether oxygens (including phenoxy) is 2. The van der Waals surface area contributed by atoms with Crippen LogP contribution in [-0.4, -0.2) is 44.0 Å². The van der Waals surface area contributed by atoms with E-state index in [1.807, 2.05) is 0 Å². The Morgan fingerprint density at radius 2 is 2.27 bits per heavy atom. The predicted molar refractivity (Wildman–Crippen MR) is 73.8 cm³/mol. The highest BCUT2D eigenvalue weighted by atomic mass is 19.4. The number of morpholine rings is 1. The topological polar surface area (TPSA) is 59.6 Å². The van der Waals surface area contributed by atoms with Gasteiger partial charge in [0.25, 0.3) is 0 Å². The largest absolute Gasteiger partial charge is 0.484 e. The Balaban J connectivity index is 1.96. The van der Waals surface area contributed by atoms with Crippen LogP contribution < -0.4 is 15.4 Å². The monoisotopic (exact) mass is 318 g/mol. The number of carbonyl (C=O) groups excluding carboxylic acids is 1. The van der Waals surface area contributed by atoms with Crippen molar-refractivity contribution in [2.45, 2.75) is 25.2 Å². The fraction of sp³-hybridized carbons (Fsp3) is 0.500. The predicted octanol–water partition coefficient (Wildman–Crippen LogP) is 1.94. The maximum atomic E-state index is 12.1. The zero-order chi connectivity index (χ0) is 16.2. The molecule has 0 saturated carbocycles. The van der Waals surface area contributed by atoms with Crippen LogP contribution in [0.4, 0.5) is 18.9 Å². The summed E-state index contributed by atoms with van der Waals surface area (Å²) in [6.45, 7) is 1.50. The minimum absolute atomic E-state index is 0.0380. The van der Waals surface area contributed by atoms with Crippen LogP contribution in [0.25, 0.3) is 0 Å². The van der Waals surface area contributed by atoms with E-state index in [2.05, 4.69) is 15.4 Å². The fourth-order valence-corrected chi connectivity index (χ4v) is 2.08. The van der Waals surface area contributed by atoms with E-state index in [0.717, 1.165) is 0 Å². The van der Waals surface area contributed by atoms with Crippen LogP contribution in [0.3, 0.4) is 0 Å². The normalized spacial score (nSPS) is 22.2. The number of benzene rings is 1. The van der Waals surface area contributed by atoms with Crippen LogP contribution in [0, 0.1) is 0 Å². The zero-order valence-electron chi connectivity index (χ0n) is 11.9. The third-order valence-corrected chi connectivity index (χ3v) is 3.10. The van der Waals surface area contributed by atoms with Crippen molar-refractivity contribution in [3.05, 3.63) is 24.3 Å². The number of hydrogen-bond acceptors (Lipinski definition) is 4. The molecular weight excluding hydrogens is 301 g/mol. The molecule has 2 N–H and O–H groups in total. The first-order valence-electron chi connectivity index (χ1n) is 6.80. The van der Waals surface area contributed by atoms with E-state index >= 15 is 0 Å². The molecular formula is C14H17F3N2O3. The lowest BCUT2D eigenvalue weighted by molar-refractivity contribution is -0.153. The molecule has 0 unspecified atom stereocenters. The number of nitrogens with one attached hydrogen (secondary N) is 2. The average Bonchev–Trinajstić information content (AvgIpc) is 2.45. The van der Waals surface area contributed by atoms with E-state index in [0.29, 0.717) is 18.8 Å². The van der Waals surface area contributed by atoms with Crippen molar-refractivity contribution in [3.8, 4) is 5.75 Å². The van der Waals surface area contributed by atoms with Crippen LogP contribution in [0.2, 0.25) is 0 Å². The van der Waals surface area contributed by atoms with E-state index in [-0.39, 0.29) is 17.8 Å². The van der Waals surface area contributed by atoms with Gasteiger partial charge in [0.05, 0.1) is 12.7 Å². The minimum atomic E-state index is -4.40. The van der Waals surface area contributed by atoms with Crippen molar-refractivity contribution in [2.24, 2.45) is 0 Å². The van der Waals surface area contributed by atoms with E-state index in [1.54, 1.807) is 13.0 Å². The Bertz CT molecular complexity index is 522. The van der Waals surface area contributed by atoms with E-state index in [4.69, 9.17) is 4.74 Å². The van der Waals surface area contributed by atoms with Gasteiger partial charge in [0.2, 0.25) is 5.91 Å². The second kappa shape index (κ2) is 6.97. The molecule has 1 heterocycles. The smallest absolute Gasteiger partial charge is 0.422 e. The van der Waals surface area contributed by atoms with Gasteiger partial charge in [0.15, 0.2) is 6.61 Å². The fourth-order valence-electron chi connectivity index (χ4n) is 2.08. The Labute approximate surface area is 125 Å². The molecule has 122 valence electrons. The van der Waals surface area contributed by atoms with Gasteiger partial charge < -0.3 is 20.1 Å². The first-order valence-corrected chi connectivity index (χ1v) is 6.80. The number of carbonyl (C=O) groups is 1. The van der Waals surface area contributed by atoms with Crippen molar-refractivity contribution in [2.75, 3.05) is 25.1 Å². The molecule has 1 aliphatic heterocycles. The van der Waals surface area contributed by atoms with Gasteiger partial charge in [-0.2, -0.15) is 13.2 Å². The van der Waals surface area contributed by atoms with Gasteiger partial charge in [-0.05, 0) is 19.1 Å². The Morgan fingerprint density at radius 1 is 1.50 bits per heavy atom. The lowest BCUT2D eigenvalue weighted by Gasteiger charge is -2.29. The summed E-state index contributed by atoms with van der Waals surface area (Å²) in [5.41, 5.74) is 0.365. The van der Waals surface area contributed by atoms with Gasteiger partial charge in [0.1, 0.15) is 11.8 Å². The number of anilines is 1. The molecule has 0 aromatic heterocycles. The average molecular weight is 318 g/mol. The summed E-state index contributed by atoms with van der Waals surface area (Å²) in [6, 6.07) is 5.32. The molecule has 1 aliphatic rings. The maximum Gasteiger partial charge on any atom is 0.422 e. The second-order valence-corrected chi connectivity index (χ2v) is 4.93. The minimum Gasteiger partial charge on any atom is -0.484 e. The molecule has 0 bridgehead atoms. The molecule has 0 spiro atoms. The van der Waals surface area contributed by atoms with Crippen molar-refractivity contribution in [1.82, 2.24) is 5.32 Å². The van der Waals surface area contributed by atoms with Gasteiger partial charge in [-0.1, -0.05) is 6.07 Å². The summed E-state index contributed by atoms with van der Waals surface area (Å²) in [5, 5.41) is 5.67. The number of hydrogen-bond donors (Lipinski definition) is 2. The van der Waals surface area contributed by atoms with Gasteiger partial charge >= 0.3 is 6.18 Å². The van der Waals surface area contributed by atoms with Crippen LogP contribution >= 0.6 is 0 Å². The summed E-state index contributed by atoms with van der Waals surface area (Å²) in [5.74, 6) is -0.267. The molecule has 1 aromatic carbocycles. The van der Waals surface area contributed by atoms with Crippen molar-refractivity contribution < 1.29 is 27.4 Å². The Kier molecular flexibility index (Phi) is 5.25. The number of alkyl halides is 3. The molecule has 1 aromatic rings. The van der Waals surface area contributed by atoms with Gasteiger partial charge in [-0.25, -0.2) is 0 Å². The van der Waals surface area contributed by atoms with Crippen LogP contribution in [-0.2, 0) is 9.53 Å². The molecule has 8 heteroatoms. The summed E-state index contributed by atoms with van der Waals surface area (Å²) in [7, 11) is 0. The molecule has 1 fully saturated rings. The van der Waals surface area contributed by atoms with Crippen LogP contribution in [0.1, 0.15) is 6.92 Å². The first kappa shape index (κ1) is 16.6. The summed E-state index contributed by atoms with van der Waals surface area (Å²) in [6.07, 6.45) is -4.68. The van der Waals surface area contributed by atoms with Crippen molar-refractivity contribution >= 4 is 11.6 Å². The molecule has 5 nitrogen and oxygen atoms in total. The molecule has 1 amide bonds. The summed E-state index contributed by atoms with van der Waals surface area (Å²) >= 11 is 0. The lowest BCUT2D eigenvalue weighted by Crippen LogP contribution is -2.53. The van der Waals surface area contributed by atoms with E-state index < -0.39 is 18.8 Å².